The molecule has 12 heavy (non-hydrogen) atoms. The van der Waals surface area contributed by atoms with Crippen molar-refractivity contribution in [3.63, 3.8) is 0 Å². The van der Waals surface area contributed by atoms with Gasteiger partial charge in [0.15, 0.2) is 0 Å². The molecule has 3 N–H and O–H groups in total. The summed E-state index contributed by atoms with van der Waals surface area (Å²) in [5, 5.41) is 27.6. The average molecular weight is 178 g/mol. The summed E-state index contributed by atoms with van der Waals surface area (Å²) >= 11 is 0. The van der Waals surface area contributed by atoms with Gasteiger partial charge >= 0.3 is 0 Å². The highest BCUT2D eigenvalue weighted by molar-refractivity contribution is 4.78. The Morgan fingerprint density at radius 1 is 1.17 bits per heavy atom. The van der Waals surface area contributed by atoms with Crippen molar-refractivity contribution in [2.24, 2.45) is 0 Å². The molecule has 0 heterocycles. The van der Waals surface area contributed by atoms with E-state index in [4.69, 9.17) is 9.84 Å². The van der Waals surface area contributed by atoms with Crippen LogP contribution in [0, 0.1) is 0 Å². The largest absolute Gasteiger partial charge is 0.391 e. The Balaban J connectivity index is 4.05. The molecule has 4 heteroatoms. The van der Waals surface area contributed by atoms with E-state index in [2.05, 4.69) is 0 Å². The lowest BCUT2D eigenvalue weighted by atomic mass is 10.0. The lowest BCUT2D eigenvalue weighted by Gasteiger charge is -2.26. The standard InChI is InChI=1S/C8H18O4/c1-4-6(12-3)8(11)7(10)5(2)9/h5-11H,4H2,1-3H3/t5-,6?,7?,8?/m0/s1. The number of aliphatic hydroxyl groups excluding tert-OH is 3. The fraction of sp³-hybridized carbons (Fsp3) is 1.00. The van der Waals surface area contributed by atoms with Crippen LogP contribution in [0.4, 0.5) is 0 Å². The van der Waals surface area contributed by atoms with Crippen molar-refractivity contribution in [2.75, 3.05) is 7.11 Å². The number of ether oxygens (including phenoxy) is 1. The Bertz CT molecular complexity index is 110. The van der Waals surface area contributed by atoms with Gasteiger partial charge < -0.3 is 20.1 Å². The van der Waals surface area contributed by atoms with Crippen LogP contribution in [-0.2, 0) is 4.74 Å². The SMILES string of the molecule is CCC(OC)C(O)C(O)[C@H](C)O. The van der Waals surface area contributed by atoms with E-state index in [0.717, 1.165) is 0 Å². The first kappa shape index (κ1) is 11.8. The summed E-state index contributed by atoms with van der Waals surface area (Å²) in [6, 6.07) is 0. The van der Waals surface area contributed by atoms with E-state index in [1.165, 1.54) is 14.0 Å². The molecule has 0 aromatic heterocycles. The highest BCUT2D eigenvalue weighted by Crippen LogP contribution is 2.09. The Kier molecular flexibility index (Phi) is 5.41. The monoisotopic (exact) mass is 178 g/mol. The van der Waals surface area contributed by atoms with Gasteiger partial charge in [-0.2, -0.15) is 0 Å². The first-order valence-electron chi connectivity index (χ1n) is 4.11. The molecule has 0 bridgehead atoms. The minimum Gasteiger partial charge on any atom is -0.391 e. The molecule has 74 valence electrons. The van der Waals surface area contributed by atoms with Gasteiger partial charge in [-0.25, -0.2) is 0 Å². The summed E-state index contributed by atoms with van der Waals surface area (Å²) in [6.45, 7) is 3.27. The molecule has 0 saturated heterocycles. The summed E-state index contributed by atoms with van der Waals surface area (Å²) in [5.74, 6) is 0. The van der Waals surface area contributed by atoms with E-state index in [1.54, 1.807) is 0 Å². The fourth-order valence-electron chi connectivity index (χ4n) is 1.05. The van der Waals surface area contributed by atoms with Crippen molar-refractivity contribution in [1.29, 1.82) is 0 Å². The minimum absolute atomic E-state index is 0.422. The molecule has 0 saturated carbocycles. The highest BCUT2D eigenvalue weighted by atomic mass is 16.5. The second-order valence-electron chi connectivity index (χ2n) is 2.90. The molecule has 0 spiro atoms. The molecule has 0 fully saturated rings. The number of methoxy groups -OCH3 is 1. The molecule has 4 atom stereocenters. The molecule has 0 aliphatic rings. The first-order valence-corrected chi connectivity index (χ1v) is 4.11. The Hall–Kier alpha value is -0.160. The van der Waals surface area contributed by atoms with Gasteiger partial charge in [0.25, 0.3) is 0 Å². The third kappa shape index (κ3) is 3.06. The maximum atomic E-state index is 9.41. The maximum Gasteiger partial charge on any atom is 0.108 e. The molecule has 4 nitrogen and oxygen atoms in total. The van der Waals surface area contributed by atoms with Crippen LogP contribution in [0.3, 0.4) is 0 Å². The first-order chi connectivity index (χ1) is 5.54. The molecular weight excluding hydrogens is 160 g/mol. The molecule has 0 radical (unpaired) electrons. The number of hydrogen-bond donors (Lipinski definition) is 3. The zero-order chi connectivity index (χ0) is 9.72. The Labute approximate surface area is 72.8 Å². The van der Waals surface area contributed by atoms with Crippen LogP contribution in [-0.4, -0.2) is 46.8 Å². The molecule has 3 unspecified atom stereocenters. The van der Waals surface area contributed by atoms with Crippen LogP contribution in [0.2, 0.25) is 0 Å². The lowest BCUT2D eigenvalue weighted by Crippen LogP contribution is -2.43. The predicted octanol–water partition coefficient (Wildman–Crippen LogP) is -0.486. The van der Waals surface area contributed by atoms with Crippen LogP contribution in [0.1, 0.15) is 20.3 Å². The van der Waals surface area contributed by atoms with Crippen molar-refractivity contribution >= 4 is 0 Å². The normalized spacial score (nSPS) is 21.5. The fourth-order valence-corrected chi connectivity index (χ4v) is 1.05. The summed E-state index contributed by atoms with van der Waals surface area (Å²) in [7, 11) is 1.46. The van der Waals surface area contributed by atoms with Crippen LogP contribution < -0.4 is 0 Å². The van der Waals surface area contributed by atoms with Crippen molar-refractivity contribution in [3.8, 4) is 0 Å². The van der Waals surface area contributed by atoms with E-state index in [9.17, 15) is 10.2 Å². The average Bonchev–Trinajstić information content (AvgIpc) is 2.05. The third-order valence-corrected chi connectivity index (χ3v) is 1.93. The number of rotatable bonds is 5. The van der Waals surface area contributed by atoms with Crippen LogP contribution in [0.5, 0.6) is 0 Å². The molecule has 0 aromatic carbocycles. The molecule has 0 amide bonds. The predicted molar refractivity (Wildman–Crippen MR) is 44.8 cm³/mol. The quantitative estimate of drug-likeness (QED) is 0.531. The van der Waals surface area contributed by atoms with Gasteiger partial charge in [-0.05, 0) is 13.3 Å². The summed E-state index contributed by atoms with van der Waals surface area (Å²) in [5.41, 5.74) is 0. The van der Waals surface area contributed by atoms with Crippen LogP contribution in [0.25, 0.3) is 0 Å². The summed E-state index contributed by atoms with van der Waals surface area (Å²) in [6.07, 6.45) is -2.93. The van der Waals surface area contributed by atoms with Gasteiger partial charge in [0.1, 0.15) is 12.2 Å². The highest BCUT2D eigenvalue weighted by Gasteiger charge is 2.27. The van der Waals surface area contributed by atoms with E-state index in [0.29, 0.717) is 6.42 Å². The zero-order valence-electron chi connectivity index (χ0n) is 7.77. The van der Waals surface area contributed by atoms with Crippen molar-refractivity contribution < 1.29 is 20.1 Å². The maximum absolute atomic E-state index is 9.41. The summed E-state index contributed by atoms with van der Waals surface area (Å²) < 4.78 is 4.91. The Morgan fingerprint density at radius 2 is 1.67 bits per heavy atom. The number of aliphatic hydroxyl groups is 3. The van der Waals surface area contributed by atoms with E-state index >= 15 is 0 Å². The van der Waals surface area contributed by atoms with Crippen LogP contribution in [0.15, 0.2) is 0 Å². The zero-order valence-corrected chi connectivity index (χ0v) is 7.77. The van der Waals surface area contributed by atoms with E-state index in [1.807, 2.05) is 6.92 Å². The third-order valence-electron chi connectivity index (χ3n) is 1.93. The van der Waals surface area contributed by atoms with Gasteiger partial charge in [-0.1, -0.05) is 6.92 Å². The molecule has 0 aliphatic heterocycles. The Morgan fingerprint density at radius 3 is 1.92 bits per heavy atom. The van der Waals surface area contributed by atoms with Crippen LogP contribution >= 0.6 is 0 Å². The van der Waals surface area contributed by atoms with Crippen molar-refractivity contribution in [2.45, 2.75) is 44.7 Å². The van der Waals surface area contributed by atoms with Crippen molar-refractivity contribution in [3.05, 3.63) is 0 Å². The lowest BCUT2D eigenvalue weighted by molar-refractivity contribution is -0.110. The number of hydrogen-bond acceptors (Lipinski definition) is 4. The minimum atomic E-state index is -1.14. The molecule has 0 rings (SSSR count). The van der Waals surface area contributed by atoms with E-state index < -0.39 is 24.4 Å². The topological polar surface area (TPSA) is 69.9 Å². The summed E-state index contributed by atoms with van der Waals surface area (Å²) in [4.78, 5) is 0. The molecule has 0 aliphatic carbocycles. The van der Waals surface area contributed by atoms with Crippen molar-refractivity contribution in [1.82, 2.24) is 0 Å². The van der Waals surface area contributed by atoms with Gasteiger partial charge in [0.2, 0.25) is 0 Å². The second-order valence-corrected chi connectivity index (χ2v) is 2.90. The molecule has 0 aromatic rings. The van der Waals surface area contributed by atoms with Gasteiger partial charge in [0, 0.05) is 7.11 Å². The van der Waals surface area contributed by atoms with Gasteiger partial charge in [0.05, 0.1) is 12.2 Å². The van der Waals surface area contributed by atoms with E-state index in [-0.39, 0.29) is 0 Å². The second kappa shape index (κ2) is 5.48. The molecular formula is C8H18O4. The van der Waals surface area contributed by atoms with Gasteiger partial charge in [-0.15, -0.1) is 0 Å². The smallest absolute Gasteiger partial charge is 0.108 e. The van der Waals surface area contributed by atoms with Gasteiger partial charge in [-0.3, -0.25) is 0 Å².